The van der Waals surface area contributed by atoms with Crippen LogP contribution in [0, 0.1) is 6.92 Å². The minimum absolute atomic E-state index is 0.659. The van der Waals surface area contributed by atoms with Gasteiger partial charge in [0.25, 0.3) is 0 Å². The Morgan fingerprint density at radius 3 is 2.87 bits per heavy atom. The van der Waals surface area contributed by atoms with E-state index in [1.54, 1.807) is 19.6 Å². The summed E-state index contributed by atoms with van der Waals surface area (Å²) in [5.41, 5.74) is 4.29. The van der Waals surface area contributed by atoms with Gasteiger partial charge in [-0.2, -0.15) is 0 Å². The molecule has 1 atom stereocenters. The van der Waals surface area contributed by atoms with Crippen molar-refractivity contribution in [3.05, 3.63) is 84.6 Å². The van der Waals surface area contributed by atoms with Crippen LogP contribution in [0.25, 0.3) is 11.3 Å². The molecule has 30 heavy (non-hydrogen) atoms. The molecule has 7 heteroatoms. The number of hydrogen-bond acceptors (Lipinski definition) is 4. The molecule has 0 saturated carbocycles. The van der Waals surface area contributed by atoms with Crippen LogP contribution in [0.2, 0.25) is 0 Å². The van der Waals surface area contributed by atoms with E-state index in [2.05, 4.69) is 14.7 Å². The summed E-state index contributed by atoms with van der Waals surface area (Å²) >= 11 is 0. The topological polar surface area (TPSA) is 68.5 Å². The summed E-state index contributed by atoms with van der Waals surface area (Å²) in [6, 6.07) is 13.3. The Labute approximate surface area is 178 Å². The minimum Gasteiger partial charge on any atom is -0.494 e. The lowest BCUT2D eigenvalue weighted by atomic mass is 10.1. The van der Waals surface area contributed by atoms with Gasteiger partial charge in [-0.05, 0) is 25.1 Å². The van der Waals surface area contributed by atoms with Gasteiger partial charge in [0.15, 0.2) is 11.0 Å². The van der Waals surface area contributed by atoms with Crippen molar-refractivity contribution in [3.63, 3.8) is 0 Å². The first-order chi connectivity index (χ1) is 14.7. The molecule has 0 aliphatic carbocycles. The SMILES string of the molecule is COc1cc(NS(=O)c2ccccc2C2=CN=CCC=C2)ccc1-n1cnc(C)c1. The number of allylic oxidation sites excluding steroid dienone is 3. The van der Waals surface area contributed by atoms with Gasteiger partial charge in [-0.3, -0.25) is 4.99 Å². The molecule has 0 saturated heterocycles. The number of hydrogen-bond donors (Lipinski definition) is 1. The number of aliphatic imine (C=N–C) groups is 1. The van der Waals surface area contributed by atoms with E-state index >= 15 is 0 Å². The second-order valence-electron chi connectivity index (χ2n) is 6.73. The van der Waals surface area contributed by atoms with Crippen LogP contribution in [0.3, 0.4) is 0 Å². The summed E-state index contributed by atoms with van der Waals surface area (Å²) in [4.78, 5) is 9.24. The molecule has 1 aliphatic rings. The molecule has 0 bridgehead atoms. The third kappa shape index (κ3) is 4.26. The average molecular weight is 419 g/mol. The fourth-order valence-electron chi connectivity index (χ4n) is 3.19. The lowest BCUT2D eigenvalue weighted by molar-refractivity contribution is 0.413. The number of rotatable bonds is 6. The van der Waals surface area contributed by atoms with Crippen molar-refractivity contribution in [1.82, 2.24) is 9.55 Å². The summed E-state index contributed by atoms with van der Waals surface area (Å²) in [6.07, 6.45) is 12.1. The predicted octanol–water partition coefficient (Wildman–Crippen LogP) is 4.70. The van der Waals surface area contributed by atoms with E-state index in [1.165, 1.54) is 0 Å². The van der Waals surface area contributed by atoms with Gasteiger partial charge in [-0.1, -0.05) is 30.4 Å². The molecule has 0 amide bonds. The fourth-order valence-corrected chi connectivity index (χ4v) is 4.23. The van der Waals surface area contributed by atoms with Gasteiger partial charge in [0.05, 0.1) is 35.4 Å². The lowest BCUT2D eigenvalue weighted by Crippen LogP contribution is -2.08. The average Bonchev–Trinajstić information content (AvgIpc) is 3.02. The zero-order chi connectivity index (χ0) is 20.9. The minimum atomic E-state index is -1.46. The van der Waals surface area contributed by atoms with Crippen molar-refractivity contribution >= 4 is 28.5 Å². The highest BCUT2D eigenvalue weighted by Crippen LogP contribution is 2.29. The second-order valence-corrected chi connectivity index (χ2v) is 7.91. The summed E-state index contributed by atoms with van der Waals surface area (Å²) in [7, 11) is 0.153. The van der Waals surface area contributed by atoms with Crippen LogP contribution in [-0.2, 0) is 11.0 Å². The summed E-state index contributed by atoms with van der Waals surface area (Å²) in [5, 5.41) is 0. The van der Waals surface area contributed by atoms with Gasteiger partial charge in [-0.25, -0.2) is 9.19 Å². The van der Waals surface area contributed by atoms with Crippen molar-refractivity contribution in [3.8, 4) is 11.4 Å². The summed E-state index contributed by atoms with van der Waals surface area (Å²) < 4.78 is 23.7. The zero-order valence-electron chi connectivity index (χ0n) is 16.8. The third-order valence-electron chi connectivity index (χ3n) is 4.64. The molecule has 0 radical (unpaired) electrons. The maximum Gasteiger partial charge on any atom is 0.150 e. The van der Waals surface area contributed by atoms with E-state index < -0.39 is 11.0 Å². The Kier molecular flexibility index (Phi) is 5.90. The van der Waals surface area contributed by atoms with E-state index in [0.717, 1.165) is 28.9 Å². The van der Waals surface area contributed by atoms with E-state index in [1.807, 2.05) is 78.5 Å². The molecule has 1 unspecified atom stereocenters. The molecular formula is C23H22N4O2S. The van der Waals surface area contributed by atoms with E-state index in [4.69, 9.17) is 4.74 Å². The number of nitrogens with one attached hydrogen (secondary N) is 1. The predicted molar refractivity (Wildman–Crippen MR) is 122 cm³/mol. The lowest BCUT2D eigenvalue weighted by Gasteiger charge is -2.14. The number of aromatic nitrogens is 2. The third-order valence-corrected chi connectivity index (χ3v) is 5.81. The Balaban J connectivity index is 1.62. The number of nitrogens with zero attached hydrogens (tertiary/aromatic N) is 3. The number of methoxy groups -OCH3 is 1. The van der Waals surface area contributed by atoms with Gasteiger partial charge < -0.3 is 14.0 Å². The maximum atomic E-state index is 13.2. The maximum absolute atomic E-state index is 13.2. The molecular weight excluding hydrogens is 396 g/mol. The fraction of sp³-hybridized carbons (Fsp3) is 0.130. The first-order valence-electron chi connectivity index (χ1n) is 9.51. The molecule has 2 heterocycles. The summed E-state index contributed by atoms with van der Waals surface area (Å²) in [6.45, 7) is 1.93. The highest BCUT2D eigenvalue weighted by Gasteiger charge is 2.14. The van der Waals surface area contributed by atoms with Crippen molar-refractivity contribution in [2.24, 2.45) is 4.99 Å². The second kappa shape index (κ2) is 8.92. The Bertz CT molecular complexity index is 1180. The Morgan fingerprint density at radius 2 is 2.07 bits per heavy atom. The number of imidazole rings is 1. The molecule has 3 aromatic rings. The van der Waals surface area contributed by atoms with Crippen LogP contribution in [0.1, 0.15) is 17.7 Å². The molecule has 152 valence electrons. The van der Waals surface area contributed by atoms with Crippen LogP contribution in [0.5, 0.6) is 5.75 Å². The van der Waals surface area contributed by atoms with E-state index in [0.29, 0.717) is 16.3 Å². The molecule has 0 spiro atoms. The van der Waals surface area contributed by atoms with Crippen LogP contribution >= 0.6 is 0 Å². The highest BCUT2D eigenvalue weighted by molar-refractivity contribution is 7.86. The van der Waals surface area contributed by atoms with Crippen LogP contribution in [0.15, 0.2) is 83.2 Å². The molecule has 2 aromatic carbocycles. The van der Waals surface area contributed by atoms with E-state index in [9.17, 15) is 4.21 Å². The number of ether oxygens (including phenoxy) is 1. The van der Waals surface area contributed by atoms with Crippen LogP contribution < -0.4 is 9.46 Å². The first kappa shape index (κ1) is 19.8. The number of aryl methyl sites for hydroxylation is 1. The van der Waals surface area contributed by atoms with Gasteiger partial charge in [0, 0.05) is 42.2 Å². The molecule has 1 N–H and O–H groups in total. The number of anilines is 1. The standard InChI is InChI=1S/C23H22N4O2S/c1-17-15-27(16-25-17)21-11-10-19(13-22(21)29-2)26-30(28)23-9-4-3-8-20(23)18-7-5-6-12-24-14-18/h3-5,7-16,26H,6H2,1-2H3. The van der Waals surface area contributed by atoms with Gasteiger partial charge in [0.1, 0.15) is 5.75 Å². The molecule has 6 nitrogen and oxygen atoms in total. The Morgan fingerprint density at radius 1 is 1.20 bits per heavy atom. The van der Waals surface area contributed by atoms with Crippen molar-refractivity contribution < 1.29 is 8.95 Å². The van der Waals surface area contributed by atoms with Crippen LogP contribution in [0.4, 0.5) is 5.69 Å². The van der Waals surface area contributed by atoms with Gasteiger partial charge >= 0.3 is 0 Å². The molecule has 1 aliphatic heterocycles. The molecule has 0 fully saturated rings. The quantitative estimate of drug-likeness (QED) is 0.631. The van der Waals surface area contributed by atoms with Crippen LogP contribution in [-0.4, -0.2) is 27.1 Å². The highest BCUT2D eigenvalue weighted by atomic mass is 32.2. The Hall–Kier alpha value is -3.45. The normalized spacial score (nSPS) is 14.1. The molecule has 1 aromatic heterocycles. The number of benzene rings is 2. The largest absolute Gasteiger partial charge is 0.494 e. The van der Waals surface area contributed by atoms with Crippen molar-refractivity contribution in [2.45, 2.75) is 18.2 Å². The van der Waals surface area contributed by atoms with Gasteiger partial charge in [-0.15, -0.1) is 0 Å². The zero-order valence-corrected chi connectivity index (χ0v) is 17.6. The van der Waals surface area contributed by atoms with Gasteiger partial charge in [0.2, 0.25) is 0 Å². The monoisotopic (exact) mass is 418 g/mol. The van der Waals surface area contributed by atoms with Crippen molar-refractivity contribution in [2.75, 3.05) is 11.8 Å². The van der Waals surface area contributed by atoms with Crippen molar-refractivity contribution in [1.29, 1.82) is 0 Å². The smallest absolute Gasteiger partial charge is 0.150 e. The first-order valence-corrected chi connectivity index (χ1v) is 10.7. The summed E-state index contributed by atoms with van der Waals surface area (Å²) in [5.74, 6) is 0.659. The van der Waals surface area contributed by atoms with E-state index in [-0.39, 0.29) is 0 Å². The molecule has 4 rings (SSSR count).